The molecule has 1 aromatic heterocycles. The zero-order valence-corrected chi connectivity index (χ0v) is 12.8. The summed E-state index contributed by atoms with van der Waals surface area (Å²) >= 11 is 0. The van der Waals surface area contributed by atoms with Crippen LogP contribution in [0.1, 0.15) is 6.92 Å². The molecule has 7 heteroatoms. The minimum atomic E-state index is -0.440. The Kier molecular flexibility index (Phi) is 4.07. The van der Waals surface area contributed by atoms with E-state index in [0.717, 1.165) is 11.1 Å². The van der Waals surface area contributed by atoms with Gasteiger partial charge in [-0.15, -0.1) is 0 Å². The fourth-order valence-corrected chi connectivity index (χ4v) is 2.34. The monoisotopic (exact) mass is 322 g/mol. The number of anilines is 1. The van der Waals surface area contributed by atoms with E-state index in [1.807, 2.05) is 18.2 Å². The Morgan fingerprint density at radius 2 is 1.96 bits per heavy atom. The van der Waals surface area contributed by atoms with Crippen LogP contribution < -0.4 is 5.32 Å². The molecule has 0 fully saturated rings. The highest BCUT2D eigenvalue weighted by Crippen LogP contribution is 2.24. The van der Waals surface area contributed by atoms with E-state index >= 15 is 0 Å². The molecule has 120 valence electrons. The Labute approximate surface area is 137 Å². The van der Waals surface area contributed by atoms with Gasteiger partial charge < -0.3 is 5.32 Å². The average molecular weight is 322 g/mol. The standard InChI is InChI=1S/C17H14N4O3/c1-12(22)19-15-5-2-4-13(8-15)14-10-18-20(11-14)16-6-3-7-17(9-16)21(23)24/h2-11H,1H3,(H,19,22). The molecular weight excluding hydrogens is 308 g/mol. The van der Waals surface area contributed by atoms with Crippen molar-refractivity contribution in [2.24, 2.45) is 0 Å². The van der Waals surface area contributed by atoms with E-state index < -0.39 is 4.92 Å². The molecule has 1 N–H and O–H groups in total. The van der Waals surface area contributed by atoms with Crippen LogP contribution in [0.15, 0.2) is 60.9 Å². The first-order chi connectivity index (χ1) is 11.5. The van der Waals surface area contributed by atoms with Crippen LogP contribution in [0.3, 0.4) is 0 Å². The first-order valence-corrected chi connectivity index (χ1v) is 7.20. The summed E-state index contributed by atoms with van der Waals surface area (Å²) in [6.45, 7) is 1.45. The number of hydrogen-bond donors (Lipinski definition) is 1. The number of carbonyl (C=O) groups is 1. The maximum Gasteiger partial charge on any atom is 0.271 e. The summed E-state index contributed by atoms with van der Waals surface area (Å²) in [5.74, 6) is -0.139. The molecule has 0 bridgehead atoms. The average Bonchev–Trinajstić information content (AvgIpc) is 3.04. The SMILES string of the molecule is CC(=O)Nc1cccc(-c2cnn(-c3cccc([N+](=O)[O-])c3)c2)c1. The zero-order valence-electron chi connectivity index (χ0n) is 12.8. The Balaban J connectivity index is 1.92. The van der Waals surface area contributed by atoms with Crippen LogP contribution in [0, 0.1) is 10.1 Å². The zero-order chi connectivity index (χ0) is 17.1. The Bertz CT molecular complexity index is 917. The quantitative estimate of drug-likeness (QED) is 0.589. The normalized spacial score (nSPS) is 10.4. The van der Waals surface area contributed by atoms with Crippen molar-refractivity contribution in [2.75, 3.05) is 5.32 Å². The number of hydrogen-bond acceptors (Lipinski definition) is 4. The number of aromatic nitrogens is 2. The second-order valence-electron chi connectivity index (χ2n) is 5.21. The summed E-state index contributed by atoms with van der Waals surface area (Å²) in [4.78, 5) is 21.6. The van der Waals surface area contributed by atoms with Crippen LogP contribution in [-0.4, -0.2) is 20.6 Å². The van der Waals surface area contributed by atoms with Gasteiger partial charge in [-0.1, -0.05) is 18.2 Å². The van der Waals surface area contributed by atoms with Gasteiger partial charge in [0, 0.05) is 36.5 Å². The molecule has 1 heterocycles. The molecule has 0 aliphatic carbocycles. The summed E-state index contributed by atoms with van der Waals surface area (Å²) < 4.78 is 1.58. The topological polar surface area (TPSA) is 90.1 Å². The molecule has 0 aliphatic rings. The minimum absolute atomic E-state index is 0.0113. The van der Waals surface area contributed by atoms with Gasteiger partial charge in [-0.3, -0.25) is 14.9 Å². The van der Waals surface area contributed by atoms with Gasteiger partial charge in [0.1, 0.15) is 0 Å². The molecule has 0 saturated carbocycles. The van der Waals surface area contributed by atoms with Crippen LogP contribution in [0.25, 0.3) is 16.8 Å². The highest BCUT2D eigenvalue weighted by atomic mass is 16.6. The largest absolute Gasteiger partial charge is 0.326 e. The smallest absolute Gasteiger partial charge is 0.271 e. The predicted molar refractivity (Wildman–Crippen MR) is 90.0 cm³/mol. The molecule has 0 unspecified atom stereocenters. The lowest BCUT2D eigenvalue weighted by molar-refractivity contribution is -0.384. The highest BCUT2D eigenvalue weighted by Gasteiger charge is 2.09. The minimum Gasteiger partial charge on any atom is -0.326 e. The van der Waals surface area contributed by atoms with Crippen molar-refractivity contribution in [2.45, 2.75) is 6.92 Å². The van der Waals surface area contributed by atoms with Crippen molar-refractivity contribution in [3.63, 3.8) is 0 Å². The van der Waals surface area contributed by atoms with E-state index in [4.69, 9.17) is 0 Å². The van der Waals surface area contributed by atoms with E-state index in [1.165, 1.54) is 19.1 Å². The molecule has 0 aliphatic heterocycles. The third kappa shape index (κ3) is 3.30. The number of nitro benzene ring substituents is 1. The molecule has 3 rings (SSSR count). The van der Waals surface area contributed by atoms with Gasteiger partial charge in [-0.2, -0.15) is 5.10 Å². The second-order valence-corrected chi connectivity index (χ2v) is 5.21. The number of benzene rings is 2. The second kappa shape index (κ2) is 6.33. The van der Waals surface area contributed by atoms with Gasteiger partial charge in [-0.25, -0.2) is 4.68 Å². The van der Waals surface area contributed by atoms with Crippen LogP contribution >= 0.6 is 0 Å². The Morgan fingerprint density at radius 3 is 2.71 bits per heavy atom. The van der Waals surface area contributed by atoms with Gasteiger partial charge >= 0.3 is 0 Å². The summed E-state index contributed by atoms with van der Waals surface area (Å²) in [5, 5.41) is 17.9. The first kappa shape index (κ1) is 15.4. The maximum absolute atomic E-state index is 11.2. The first-order valence-electron chi connectivity index (χ1n) is 7.20. The number of non-ortho nitro benzene ring substituents is 1. The lowest BCUT2D eigenvalue weighted by atomic mass is 10.1. The predicted octanol–water partition coefficient (Wildman–Crippen LogP) is 3.41. The van der Waals surface area contributed by atoms with Crippen molar-refractivity contribution in [1.29, 1.82) is 0 Å². The number of nitrogens with zero attached hydrogens (tertiary/aromatic N) is 3. The lowest BCUT2D eigenvalue weighted by Gasteiger charge is -2.04. The van der Waals surface area contributed by atoms with Crippen LogP contribution in [0.2, 0.25) is 0 Å². The third-order valence-electron chi connectivity index (χ3n) is 3.40. The molecule has 0 saturated heterocycles. The Morgan fingerprint density at radius 1 is 1.17 bits per heavy atom. The van der Waals surface area contributed by atoms with Crippen LogP contribution in [0.4, 0.5) is 11.4 Å². The molecule has 3 aromatic rings. The number of carbonyl (C=O) groups excluding carboxylic acids is 1. The van der Waals surface area contributed by atoms with Gasteiger partial charge in [-0.05, 0) is 23.8 Å². The van der Waals surface area contributed by atoms with Gasteiger partial charge in [0.2, 0.25) is 5.91 Å². The molecule has 1 amide bonds. The molecule has 0 spiro atoms. The molecule has 2 aromatic carbocycles. The maximum atomic E-state index is 11.2. The third-order valence-corrected chi connectivity index (χ3v) is 3.40. The number of amides is 1. The molecular formula is C17H14N4O3. The number of rotatable bonds is 4. The van der Waals surface area contributed by atoms with E-state index in [2.05, 4.69) is 10.4 Å². The van der Waals surface area contributed by atoms with Gasteiger partial charge in [0.15, 0.2) is 0 Å². The molecule has 0 atom stereocenters. The van der Waals surface area contributed by atoms with E-state index in [1.54, 1.807) is 35.3 Å². The van der Waals surface area contributed by atoms with Crippen LogP contribution in [0.5, 0.6) is 0 Å². The van der Waals surface area contributed by atoms with Crippen molar-refractivity contribution in [3.05, 3.63) is 71.0 Å². The fourth-order valence-electron chi connectivity index (χ4n) is 2.34. The molecule has 7 nitrogen and oxygen atoms in total. The summed E-state index contributed by atoms with van der Waals surface area (Å²) in [5.41, 5.74) is 3.04. The van der Waals surface area contributed by atoms with Crippen molar-refractivity contribution >= 4 is 17.3 Å². The highest BCUT2D eigenvalue weighted by molar-refractivity contribution is 5.89. The van der Waals surface area contributed by atoms with E-state index in [9.17, 15) is 14.9 Å². The van der Waals surface area contributed by atoms with Crippen molar-refractivity contribution < 1.29 is 9.72 Å². The van der Waals surface area contributed by atoms with Crippen molar-refractivity contribution in [3.8, 4) is 16.8 Å². The summed E-state index contributed by atoms with van der Waals surface area (Å²) in [6, 6.07) is 13.6. The van der Waals surface area contributed by atoms with E-state index in [0.29, 0.717) is 11.4 Å². The van der Waals surface area contributed by atoms with Crippen molar-refractivity contribution in [1.82, 2.24) is 9.78 Å². The molecule has 0 radical (unpaired) electrons. The lowest BCUT2D eigenvalue weighted by Crippen LogP contribution is -2.05. The summed E-state index contributed by atoms with van der Waals surface area (Å²) in [6.07, 6.45) is 3.46. The van der Waals surface area contributed by atoms with Gasteiger partial charge in [0.25, 0.3) is 5.69 Å². The molecule has 24 heavy (non-hydrogen) atoms. The van der Waals surface area contributed by atoms with Crippen LogP contribution in [-0.2, 0) is 4.79 Å². The van der Waals surface area contributed by atoms with Gasteiger partial charge in [0.05, 0.1) is 16.8 Å². The summed E-state index contributed by atoms with van der Waals surface area (Å²) in [7, 11) is 0. The Hall–Kier alpha value is -3.48. The number of nitrogens with one attached hydrogen (secondary N) is 1. The van der Waals surface area contributed by atoms with E-state index in [-0.39, 0.29) is 11.6 Å². The fraction of sp³-hybridized carbons (Fsp3) is 0.0588. The number of nitro groups is 1.